The predicted molar refractivity (Wildman–Crippen MR) is 120 cm³/mol. The molecule has 1 heteroatoms. The zero-order valence-corrected chi connectivity index (χ0v) is 18.9. The second-order valence-corrected chi connectivity index (χ2v) is 8.79. The lowest BCUT2D eigenvalue weighted by molar-refractivity contribution is -0.698. The van der Waals surface area contributed by atoms with Gasteiger partial charge in [0.05, 0.1) is 0 Å². The lowest BCUT2D eigenvalue weighted by Gasteiger charge is -2.03. The molecule has 27 heavy (non-hydrogen) atoms. The number of hydrogen-bond donors (Lipinski definition) is 0. The van der Waals surface area contributed by atoms with Crippen molar-refractivity contribution in [3.8, 4) is 0 Å². The van der Waals surface area contributed by atoms with Crippen molar-refractivity contribution in [2.24, 2.45) is 0 Å². The van der Waals surface area contributed by atoms with Crippen molar-refractivity contribution in [1.82, 2.24) is 0 Å². The molecular weight excluding hydrogens is 326 g/mol. The van der Waals surface area contributed by atoms with Crippen molar-refractivity contribution in [3.63, 3.8) is 0 Å². The summed E-state index contributed by atoms with van der Waals surface area (Å²) >= 11 is 0. The van der Waals surface area contributed by atoms with Crippen LogP contribution in [-0.2, 0) is 6.54 Å². The summed E-state index contributed by atoms with van der Waals surface area (Å²) in [6, 6.07) is 2.26. The fourth-order valence-electron chi connectivity index (χ4n) is 4.14. The lowest BCUT2D eigenvalue weighted by Crippen LogP contribution is -2.33. The molecule has 1 aromatic heterocycles. The van der Waals surface area contributed by atoms with Crippen LogP contribution in [0.25, 0.3) is 0 Å². The molecule has 0 radical (unpaired) electrons. The molecule has 0 aliphatic carbocycles. The van der Waals surface area contributed by atoms with Crippen LogP contribution in [0.15, 0.2) is 18.5 Å². The summed E-state index contributed by atoms with van der Waals surface area (Å²) in [5.74, 6) is 0. The van der Waals surface area contributed by atoms with E-state index in [9.17, 15) is 0 Å². The number of aromatic nitrogens is 1. The van der Waals surface area contributed by atoms with E-state index < -0.39 is 0 Å². The Kier molecular flexibility index (Phi) is 15.5. The minimum absolute atomic E-state index is 1.18. The van der Waals surface area contributed by atoms with Gasteiger partial charge in [0.15, 0.2) is 12.4 Å². The molecule has 0 saturated heterocycles. The Hall–Kier alpha value is -0.850. The van der Waals surface area contributed by atoms with Gasteiger partial charge in [-0.3, -0.25) is 0 Å². The summed E-state index contributed by atoms with van der Waals surface area (Å²) in [6.45, 7) is 7.87. The van der Waals surface area contributed by atoms with Gasteiger partial charge in [0.1, 0.15) is 6.54 Å². The van der Waals surface area contributed by atoms with Crippen LogP contribution in [0.2, 0.25) is 0 Å². The number of pyridine rings is 1. The first-order valence-corrected chi connectivity index (χ1v) is 12.2. The average Bonchev–Trinajstić information content (AvgIpc) is 2.63. The van der Waals surface area contributed by atoms with Gasteiger partial charge in [-0.05, 0) is 26.3 Å². The van der Waals surface area contributed by atoms with Crippen LogP contribution in [0.4, 0.5) is 0 Å². The number of rotatable bonds is 18. The summed E-state index contributed by atoms with van der Waals surface area (Å²) in [7, 11) is 0. The third-order valence-electron chi connectivity index (χ3n) is 5.71. The van der Waals surface area contributed by atoms with Crippen molar-refractivity contribution in [2.45, 2.75) is 136 Å². The van der Waals surface area contributed by atoms with Gasteiger partial charge in [-0.1, -0.05) is 103 Å². The van der Waals surface area contributed by atoms with Crippen LogP contribution >= 0.6 is 0 Å². The molecule has 0 N–H and O–H groups in total. The summed E-state index contributed by atoms with van der Waals surface area (Å²) in [5, 5.41) is 0. The predicted octanol–water partition coefficient (Wildman–Crippen LogP) is 8.24. The van der Waals surface area contributed by atoms with Crippen LogP contribution in [0.1, 0.15) is 127 Å². The van der Waals surface area contributed by atoms with E-state index in [1.165, 1.54) is 127 Å². The first kappa shape index (κ1) is 24.2. The quantitative estimate of drug-likeness (QED) is 0.180. The lowest BCUT2D eigenvalue weighted by atomic mass is 10.0. The van der Waals surface area contributed by atoms with Gasteiger partial charge in [-0.25, -0.2) is 4.57 Å². The highest BCUT2D eigenvalue weighted by atomic mass is 14.9. The van der Waals surface area contributed by atoms with Gasteiger partial charge in [-0.15, -0.1) is 0 Å². The normalized spacial score (nSPS) is 11.2. The van der Waals surface area contributed by atoms with E-state index in [4.69, 9.17) is 0 Å². The van der Waals surface area contributed by atoms with Crippen molar-refractivity contribution in [1.29, 1.82) is 0 Å². The molecule has 156 valence electrons. The molecule has 0 saturated carbocycles. The zero-order valence-electron chi connectivity index (χ0n) is 18.9. The van der Waals surface area contributed by atoms with Crippen LogP contribution < -0.4 is 4.57 Å². The van der Waals surface area contributed by atoms with E-state index in [1.807, 2.05) is 0 Å². The number of hydrogen-bond acceptors (Lipinski definition) is 0. The van der Waals surface area contributed by atoms with Gasteiger partial charge in [-0.2, -0.15) is 0 Å². The fourth-order valence-corrected chi connectivity index (χ4v) is 4.14. The SMILES string of the molecule is CCCCCCCCCCCCCCCCCCC[n+]1cc(C)cc(C)c1. The van der Waals surface area contributed by atoms with E-state index in [2.05, 4.69) is 43.8 Å². The Morgan fingerprint density at radius 1 is 0.519 bits per heavy atom. The van der Waals surface area contributed by atoms with E-state index in [1.54, 1.807) is 0 Å². The molecule has 1 heterocycles. The minimum atomic E-state index is 1.18. The monoisotopic (exact) mass is 374 g/mol. The summed E-state index contributed by atoms with van der Waals surface area (Å²) < 4.78 is 2.37. The molecule has 1 nitrogen and oxygen atoms in total. The van der Waals surface area contributed by atoms with Crippen molar-refractivity contribution < 1.29 is 4.57 Å². The van der Waals surface area contributed by atoms with E-state index in [0.717, 1.165) is 0 Å². The summed E-state index contributed by atoms with van der Waals surface area (Å²) in [6.07, 6.45) is 29.1. The van der Waals surface area contributed by atoms with Gasteiger partial charge < -0.3 is 0 Å². The summed E-state index contributed by atoms with van der Waals surface area (Å²) in [5.41, 5.74) is 2.75. The molecule has 0 bridgehead atoms. The molecule has 0 aliphatic heterocycles. The maximum Gasteiger partial charge on any atom is 0.171 e. The van der Waals surface area contributed by atoms with Gasteiger partial charge in [0.2, 0.25) is 0 Å². The van der Waals surface area contributed by atoms with Crippen molar-refractivity contribution in [2.75, 3.05) is 0 Å². The molecule has 0 aliphatic rings. The Morgan fingerprint density at radius 3 is 1.22 bits per heavy atom. The standard InChI is InChI=1S/C26H48N/c1-4-5-6-7-8-9-10-11-12-13-14-15-16-17-18-19-20-21-27-23-25(2)22-26(3)24-27/h22-24H,4-21H2,1-3H3/q+1. The Balaban J connectivity index is 1.78. The first-order chi connectivity index (χ1) is 13.2. The van der Waals surface area contributed by atoms with Crippen LogP contribution in [0.5, 0.6) is 0 Å². The first-order valence-electron chi connectivity index (χ1n) is 12.2. The second-order valence-electron chi connectivity index (χ2n) is 8.79. The van der Waals surface area contributed by atoms with Crippen LogP contribution in [-0.4, -0.2) is 0 Å². The van der Waals surface area contributed by atoms with Crippen LogP contribution in [0, 0.1) is 13.8 Å². The van der Waals surface area contributed by atoms with E-state index >= 15 is 0 Å². The molecule has 0 amide bonds. The second kappa shape index (κ2) is 17.3. The van der Waals surface area contributed by atoms with Gasteiger partial charge in [0, 0.05) is 17.5 Å². The molecule has 1 rings (SSSR count). The minimum Gasteiger partial charge on any atom is -0.205 e. The van der Waals surface area contributed by atoms with Crippen molar-refractivity contribution in [3.05, 3.63) is 29.6 Å². The average molecular weight is 375 g/mol. The maximum atomic E-state index is 2.37. The Bertz CT molecular complexity index is 431. The van der Waals surface area contributed by atoms with Gasteiger partial charge >= 0.3 is 0 Å². The number of aryl methyl sites for hydroxylation is 3. The third kappa shape index (κ3) is 14.8. The summed E-state index contributed by atoms with van der Waals surface area (Å²) in [4.78, 5) is 0. The smallest absolute Gasteiger partial charge is 0.171 e. The highest BCUT2D eigenvalue weighted by Crippen LogP contribution is 2.14. The molecule has 0 atom stereocenters. The highest BCUT2D eigenvalue weighted by molar-refractivity contribution is 5.11. The van der Waals surface area contributed by atoms with Crippen LogP contribution in [0.3, 0.4) is 0 Å². The van der Waals surface area contributed by atoms with Crippen molar-refractivity contribution >= 4 is 0 Å². The fraction of sp³-hybridized carbons (Fsp3) is 0.808. The molecular formula is C26H48N+. The topological polar surface area (TPSA) is 3.88 Å². The Labute approximate surface area is 171 Å². The molecule has 0 aromatic carbocycles. The maximum absolute atomic E-state index is 2.37. The molecule has 1 aromatic rings. The van der Waals surface area contributed by atoms with Gasteiger partial charge in [0.25, 0.3) is 0 Å². The highest BCUT2D eigenvalue weighted by Gasteiger charge is 2.02. The largest absolute Gasteiger partial charge is 0.205 e. The molecule has 0 unspecified atom stereocenters. The molecule has 0 fully saturated rings. The third-order valence-corrected chi connectivity index (χ3v) is 5.71. The Morgan fingerprint density at radius 2 is 0.852 bits per heavy atom. The molecule has 0 spiro atoms. The van der Waals surface area contributed by atoms with E-state index in [0.29, 0.717) is 0 Å². The van der Waals surface area contributed by atoms with E-state index in [-0.39, 0.29) is 0 Å². The number of unbranched alkanes of at least 4 members (excludes halogenated alkanes) is 16. The zero-order chi connectivity index (χ0) is 19.6. The number of nitrogens with zero attached hydrogens (tertiary/aromatic N) is 1.